The fourth-order valence-electron chi connectivity index (χ4n) is 1.87. The summed E-state index contributed by atoms with van der Waals surface area (Å²) in [5, 5.41) is 2.22. The molecule has 19 heavy (non-hydrogen) atoms. The quantitative estimate of drug-likeness (QED) is 0.929. The third-order valence-electron chi connectivity index (χ3n) is 2.71. The molecule has 2 rings (SSSR count). The minimum Gasteiger partial charge on any atom is -0.309 e. The molecular weight excluding hydrogens is 273 g/mol. The molecule has 0 saturated carbocycles. The van der Waals surface area contributed by atoms with E-state index in [1.54, 1.807) is 7.05 Å². The average molecular weight is 286 g/mol. The molecule has 102 valence electrons. The van der Waals surface area contributed by atoms with E-state index >= 15 is 0 Å². The van der Waals surface area contributed by atoms with Crippen LogP contribution < -0.4 is 5.32 Å². The van der Waals surface area contributed by atoms with Gasteiger partial charge in [0.2, 0.25) is 0 Å². The number of hydrogen-bond donors (Lipinski definition) is 1. The SMILES string of the molecule is CNC(c1cccc(C)c1)c1cnc(C(F)(F)F)s1. The Hall–Kier alpha value is -1.40. The fraction of sp³-hybridized carbons (Fsp3) is 0.308. The molecule has 1 aromatic heterocycles. The number of nitrogens with zero attached hydrogens (tertiary/aromatic N) is 1. The van der Waals surface area contributed by atoms with Crippen molar-refractivity contribution >= 4 is 11.3 Å². The fourth-order valence-corrected chi connectivity index (χ4v) is 2.80. The van der Waals surface area contributed by atoms with Crippen LogP contribution in [0.5, 0.6) is 0 Å². The molecule has 0 radical (unpaired) electrons. The van der Waals surface area contributed by atoms with Crippen molar-refractivity contribution in [1.29, 1.82) is 0 Å². The molecule has 1 N–H and O–H groups in total. The number of nitrogens with one attached hydrogen (secondary N) is 1. The molecule has 1 atom stereocenters. The molecule has 0 saturated heterocycles. The molecule has 0 fully saturated rings. The molecular formula is C13H13F3N2S. The molecule has 6 heteroatoms. The van der Waals surface area contributed by atoms with Crippen LogP contribution in [0, 0.1) is 6.92 Å². The van der Waals surface area contributed by atoms with Gasteiger partial charge in [0.05, 0.1) is 6.04 Å². The van der Waals surface area contributed by atoms with Gasteiger partial charge in [-0.05, 0) is 19.5 Å². The molecule has 0 bridgehead atoms. The van der Waals surface area contributed by atoms with Gasteiger partial charge in [0, 0.05) is 11.1 Å². The van der Waals surface area contributed by atoms with Crippen LogP contribution in [-0.4, -0.2) is 12.0 Å². The van der Waals surface area contributed by atoms with E-state index in [2.05, 4.69) is 10.3 Å². The first-order valence-corrected chi connectivity index (χ1v) is 6.50. The van der Waals surface area contributed by atoms with Crippen molar-refractivity contribution < 1.29 is 13.2 Å². The number of rotatable bonds is 3. The Bertz CT molecular complexity index is 563. The lowest BCUT2D eigenvalue weighted by atomic mass is 10.0. The summed E-state index contributed by atoms with van der Waals surface area (Å²) >= 11 is 0.675. The maximum absolute atomic E-state index is 12.6. The molecule has 1 heterocycles. The van der Waals surface area contributed by atoms with E-state index in [9.17, 15) is 13.2 Å². The maximum Gasteiger partial charge on any atom is 0.443 e. The van der Waals surface area contributed by atoms with Crippen LogP contribution in [-0.2, 0) is 6.18 Å². The van der Waals surface area contributed by atoms with Crippen molar-refractivity contribution in [3.63, 3.8) is 0 Å². The van der Waals surface area contributed by atoms with Gasteiger partial charge in [0.15, 0.2) is 5.01 Å². The summed E-state index contributed by atoms with van der Waals surface area (Å²) in [6, 6.07) is 7.41. The van der Waals surface area contributed by atoms with Crippen LogP contribution in [0.4, 0.5) is 13.2 Å². The standard InChI is InChI=1S/C13H13F3N2S/c1-8-4-3-5-9(6-8)11(17-2)10-7-18-12(19-10)13(14,15)16/h3-7,11,17H,1-2H3. The lowest BCUT2D eigenvalue weighted by molar-refractivity contribution is -0.137. The minimum atomic E-state index is -4.38. The van der Waals surface area contributed by atoms with Gasteiger partial charge in [-0.15, -0.1) is 11.3 Å². The van der Waals surface area contributed by atoms with Crippen LogP contribution >= 0.6 is 11.3 Å². The monoisotopic (exact) mass is 286 g/mol. The van der Waals surface area contributed by atoms with Gasteiger partial charge in [0.1, 0.15) is 0 Å². The van der Waals surface area contributed by atoms with Crippen molar-refractivity contribution in [3.05, 3.63) is 51.5 Å². The molecule has 1 unspecified atom stereocenters. The first-order chi connectivity index (χ1) is 8.91. The van der Waals surface area contributed by atoms with E-state index in [1.165, 1.54) is 6.20 Å². The second-order valence-corrected chi connectivity index (χ2v) is 5.26. The molecule has 0 aliphatic heterocycles. The van der Waals surface area contributed by atoms with Crippen LogP contribution in [0.2, 0.25) is 0 Å². The van der Waals surface area contributed by atoms with Gasteiger partial charge >= 0.3 is 6.18 Å². The molecule has 1 aromatic carbocycles. The number of alkyl halides is 3. The third-order valence-corrected chi connectivity index (χ3v) is 3.82. The molecule has 2 nitrogen and oxygen atoms in total. The third kappa shape index (κ3) is 3.13. The van der Waals surface area contributed by atoms with E-state index < -0.39 is 11.2 Å². The predicted octanol–water partition coefficient (Wildman–Crippen LogP) is 3.78. The number of thiazole rings is 1. The van der Waals surface area contributed by atoms with Crippen LogP contribution in [0.1, 0.15) is 27.1 Å². The predicted molar refractivity (Wildman–Crippen MR) is 69.2 cm³/mol. The highest BCUT2D eigenvalue weighted by Gasteiger charge is 2.35. The molecule has 0 spiro atoms. The highest BCUT2D eigenvalue weighted by molar-refractivity contribution is 7.11. The maximum atomic E-state index is 12.6. The first-order valence-electron chi connectivity index (χ1n) is 5.68. The molecule has 0 amide bonds. The van der Waals surface area contributed by atoms with Gasteiger partial charge in [-0.25, -0.2) is 4.98 Å². The number of benzene rings is 1. The average Bonchev–Trinajstić information content (AvgIpc) is 2.79. The highest BCUT2D eigenvalue weighted by Crippen LogP contribution is 2.35. The van der Waals surface area contributed by atoms with Crippen molar-refractivity contribution in [2.24, 2.45) is 0 Å². The number of aromatic nitrogens is 1. The summed E-state index contributed by atoms with van der Waals surface area (Å²) in [5.41, 5.74) is 2.00. The second-order valence-electron chi connectivity index (χ2n) is 4.20. The first kappa shape index (κ1) is 14.0. The van der Waals surface area contributed by atoms with E-state index in [0.717, 1.165) is 11.1 Å². The Morgan fingerprint density at radius 1 is 1.32 bits per heavy atom. The van der Waals surface area contributed by atoms with Crippen molar-refractivity contribution in [2.75, 3.05) is 7.05 Å². The Kier molecular flexibility index (Phi) is 3.91. The topological polar surface area (TPSA) is 24.9 Å². The summed E-state index contributed by atoms with van der Waals surface area (Å²) in [6.45, 7) is 1.95. The van der Waals surface area contributed by atoms with E-state index in [1.807, 2.05) is 31.2 Å². The Balaban J connectivity index is 2.35. The lowest BCUT2D eigenvalue weighted by Gasteiger charge is -2.15. The zero-order valence-corrected chi connectivity index (χ0v) is 11.3. The largest absolute Gasteiger partial charge is 0.443 e. The summed E-state index contributed by atoms with van der Waals surface area (Å²) in [7, 11) is 1.72. The summed E-state index contributed by atoms with van der Waals surface area (Å²) in [4.78, 5) is 4.01. The number of hydrogen-bond acceptors (Lipinski definition) is 3. The van der Waals surface area contributed by atoms with Crippen LogP contribution in [0.25, 0.3) is 0 Å². The van der Waals surface area contributed by atoms with Crippen LogP contribution in [0.15, 0.2) is 30.5 Å². The number of halogens is 3. The molecule has 0 aliphatic carbocycles. The zero-order valence-electron chi connectivity index (χ0n) is 10.5. The zero-order chi connectivity index (χ0) is 14.0. The van der Waals surface area contributed by atoms with E-state index in [0.29, 0.717) is 16.2 Å². The van der Waals surface area contributed by atoms with Gasteiger partial charge in [-0.3, -0.25) is 0 Å². The van der Waals surface area contributed by atoms with E-state index in [-0.39, 0.29) is 6.04 Å². The van der Waals surface area contributed by atoms with Crippen molar-refractivity contribution in [1.82, 2.24) is 10.3 Å². The smallest absolute Gasteiger partial charge is 0.309 e. The Morgan fingerprint density at radius 3 is 2.58 bits per heavy atom. The van der Waals surface area contributed by atoms with Crippen LogP contribution in [0.3, 0.4) is 0 Å². The van der Waals surface area contributed by atoms with E-state index in [4.69, 9.17) is 0 Å². The number of aryl methyl sites for hydroxylation is 1. The van der Waals surface area contributed by atoms with Gasteiger partial charge < -0.3 is 5.32 Å². The summed E-state index contributed by atoms with van der Waals surface area (Å²) in [5.74, 6) is 0. The minimum absolute atomic E-state index is 0.270. The van der Waals surface area contributed by atoms with Gasteiger partial charge in [-0.1, -0.05) is 29.8 Å². The van der Waals surface area contributed by atoms with Crippen molar-refractivity contribution in [3.8, 4) is 0 Å². The van der Waals surface area contributed by atoms with Crippen molar-refractivity contribution in [2.45, 2.75) is 19.1 Å². The molecule has 0 aliphatic rings. The summed E-state index contributed by atoms with van der Waals surface area (Å²) in [6.07, 6.45) is -3.09. The second kappa shape index (κ2) is 5.30. The lowest BCUT2D eigenvalue weighted by Crippen LogP contribution is -2.16. The van der Waals surface area contributed by atoms with Gasteiger partial charge in [0.25, 0.3) is 0 Å². The molecule has 2 aromatic rings. The Labute approximate surface area is 113 Å². The summed E-state index contributed by atoms with van der Waals surface area (Å²) < 4.78 is 37.7. The Morgan fingerprint density at radius 2 is 2.05 bits per heavy atom. The van der Waals surface area contributed by atoms with Gasteiger partial charge in [-0.2, -0.15) is 13.2 Å². The normalized spacial score (nSPS) is 13.5. The highest BCUT2D eigenvalue weighted by atomic mass is 32.1.